The molecule has 0 heterocycles. The molecule has 0 aliphatic heterocycles. The van der Waals surface area contributed by atoms with Gasteiger partial charge in [0, 0.05) is 0 Å². The normalized spacial score (nSPS) is 4.36. The van der Waals surface area contributed by atoms with Crippen LogP contribution in [0, 0.1) is 30.6 Å². The van der Waals surface area contributed by atoms with Crippen LogP contribution in [0.5, 0.6) is 0 Å². The summed E-state index contributed by atoms with van der Waals surface area (Å²) in [5.41, 5.74) is 0. The zero-order valence-corrected chi connectivity index (χ0v) is 6.26. The summed E-state index contributed by atoms with van der Waals surface area (Å²) in [5.74, 6) is 0. The molecule has 0 saturated carbocycles. The Bertz CT molecular complexity index is 78.6. The van der Waals surface area contributed by atoms with Crippen LogP contribution in [-0.4, -0.2) is 129 Å². The van der Waals surface area contributed by atoms with E-state index < -0.39 is 10.2 Å². The minimum atomic E-state index is -1.75. The van der Waals surface area contributed by atoms with Gasteiger partial charge in [0.15, 0.2) is 0 Å². The van der Waals surface area contributed by atoms with Gasteiger partial charge in [0.2, 0.25) is 0 Å². The maximum atomic E-state index is 8.25. The van der Waals surface area contributed by atoms with Gasteiger partial charge in [-0.05, 0) is 0 Å². The Morgan fingerprint density at radius 3 is 0.818 bits per heavy atom. The molecule has 0 unspecified atom stereocenters. The molecule has 0 spiro atoms. The molecule has 0 bridgehead atoms. The molecule has 8 nitrogen and oxygen atoms in total. The van der Waals surface area contributed by atoms with Gasteiger partial charge in [-0.25, -0.2) is 0 Å². The molecule has 0 radical (unpaired) electrons. The second kappa shape index (κ2) is 22.8. The van der Waals surface area contributed by atoms with Crippen LogP contribution in [0.1, 0.15) is 0 Å². The summed E-state index contributed by atoms with van der Waals surface area (Å²) in [6.45, 7) is 0. The summed E-state index contributed by atoms with van der Waals surface area (Å²) >= 11 is 0. The van der Waals surface area contributed by atoms with Crippen LogP contribution in [0.15, 0.2) is 0 Å². The Morgan fingerprint density at radius 2 is 0.818 bits per heavy atom. The molecule has 0 aromatic rings. The van der Waals surface area contributed by atoms with E-state index in [4.69, 9.17) is 30.6 Å². The summed E-state index contributed by atoms with van der Waals surface area (Å²) in [7, 11) is 0. The first-order valence-corrected chi connectivity index (χ1v) is 1.10. The third-order valence-corrected chi connectivity index (χ3v) is 0. The summed E-state index contributed by atoms with van der Waals surface area (Å²) in [6, 6.07) is 0. The Kier molecular flexibility index (Phi) is 60.5. The van der Waals surface area contributed by atoms with E-state index in [1.54, 1.807) is 0 Å². The molecule has 0 aliphatic rings. The average molecular weight is 228 g/mol. The van der Waals surface area contributed by atoms with E-state index in [0.717, 1.165) is 0 Å². The van der Waals surface area contributed by atoms with Crippen molar-refractivity contribution in [1.29, 1.82) is 0 Å². The number of rotatable bonds is 0. The van der Waals surface area contributed by atoms with Crippen LogP contribution in [0.3, 0.4) is 0 Å². The number of hydrogen-bond acceptors (Lipinski definition) is 6. The van der Waals surface area contributed by atoms with Gasteiger partial charge in [-0.3, -0.25) is 0 Å². The summed E-state index contributed by atoms with van der Waals surface area (Å²) in [6.07, 6.45) is 0. The van der Waals surface area contributed by atoms with E-state index in [-0.39, 0.29) is 119 Å². The van der Waals surface area contributed by atoms with Crippen LogP contribution < -0.4 is 0 Å². The standard InChI is InChI=1S/Ca.K.2NO3.Na.2H/c;;2*2-1(3)4;;;/q+2;;2*-1;;;. The molecule has 0 amide bonds. The van der Waals surface area contributed by atoms with Crippen LogP contribution in [-0.2, 0) is 0 Å². The van der Waals surface area contributed by atoms with Crippen molar-refractivity contribution >= 4 is 119 Å². The van der Waals surface area contributed by atoms with Gasteiger partial charge < -0.3 is 30.6 Å². The van der Waals surface area contributed by atoms with E-state index in [1.165, 1.54) is 0 Å². The second-order valence-electron chi connectivity index (χ2n) is 0.447. The van der Waals surface area contributed by atoms with Crippen molar-refractivity contribution in [2.45, 2.75) is 0 Å². The van der Waals surface area contributed by atoms with Crippen molar-refractivity contribution in [3.8, 4) is 0 Å². The SMILES string of the molecule is O=[N+]([O-])[O-].O=[N+]([O-])[O-].[Ca+2].[KH].[NaH]. The van der Waals surface area contributed by atoms with Gasteiger partial charge in [0.1, 0.15) is 0 Å². The van der Waals surface area contributed by atoms with Crippen molar-refractivity contribution in [2.24, 2.45) is 0 Å². The molecule has 0 aromatic heterocycles. The van der Waals surface area contributed by atoms with Crippen molar-refractivity contribution < 1.29 is 10.2 Å². The quantitative estimate of drug-likeness (QED) is 0.263. The first-order valence-electron chi connectivity index (χ1n) is 1.10. The van der Waals surface area contributed by atoms with Gasteiger partial charge in [0.05, 0.1) is 10.2 Å². The molecule has 11 heavy (non-hydrogen) atoms. The van der Waals surface area contributed by atoms with Crippen molar-refractivity contribution in [2.75, 3.05) is 0 Å². The monoisotopic (exact) mass is 228 g/mol. The first kappa shape index (κ1) is 29.2. The fraction of sp³-hybridized carbons (Fsp3) is 0. The van der Waals surface area contributed by atoms with E-state index >= 15 is 0 Å². The van der Waals surface area contributed by atoms with Crippen LogP contribution >= 0.6 is 0 Å². The van der Waals surface area contributed by atoms with Crippen LogP contribution in [0.25, 0.3) is 0 Å². The van der Waals surface area contributed by atoms with Gasteiger partial charge in [0.25, 0.3) is 0 Å². The predicted molar refractivity (Wildman–Crippen MR) is 40.8 cm³/mol. The molecule has 0 N–H and O–H groups in total. The Hall–Kier alpha value is 2.30. The predicted octanol–water partition coefficient (Wildman–Crippen LogP) is -2.16. The van der Waals surface area contributed by atoms with E-state index in [9.17, 15) is 0 Å². The number of hydrogen-bond donors (Lipinski definition) is 0. The molecule has 0 aliphatic carbocycles. The van der Waals surface area contributed by atoms with Crippen LogP contribution in [0.2, 0.25) is 0 Å². The minimum absolute atomic E-state index is 0. The summed E-state index contributed by atoms with van der Waals surface area (Å²) in [4.78, 5) is 16.5. The average Bonchev–Trinajstić information content (AvgIpc) is 1.25. The Balaban J connectivity index is -0.0000000171. The number of nitrogens with zero attached hydrogens (tertiary/aromatic N) is 2. The van der Waals surface area contributed by atoms with E-state index in [0.29, 0.717) is 0 Å². The fourth-order valence-electron chi connectivity index (χ4n) is 0. The van der Waals surface area contributed by atoms with Gasteiger partial charge in [-0.1, -0.05) is 0 Å². The van der Waals surface area contributed by atoms with E-state index in [2.05, 4.69) is 0 Å². The van der Waals surface area contributed by atoms with Crippen molar-refractivity contribution in [3.05, 3.63) is 30.6 Å². The van der Waals surface area contributed by atoms with Crippen LogP contribution in [0.4, 0.5) is 0 Å². The molecule has 0 atom stereocenters. The molecule has 52 valence electrons. The topological polar surface area (TPSA) is 132 Å². The maximum absolute atomic E-state index is 8.25. The molecular weight excluding hydrogens is 226 g/mol. The Morgan fingerprint density at radius 1 is 0.818 bits per heavy atom. The molecule has 0 rings (SSSR count). The fourth-order valence-corrected chi connectivity index (χ4v) is 0. The third-order valence-electron chi connectivity index (χ3n) is 0. The molecule has 0 fully saturated rings. The third kappa shape index (κ3) is 247. The first-order chi connectivity index (χ1) is 3.46. The van der Waals surface area contributed by atoms with Gasteiger partial charge in [-0.15, -0.1) is 0 Å². The zero-order valence-electron chi connectivity index (χ0n) is 4.05. The zero-order chi connectivity index (χ0) is 7.15. The van der Waals surface area contributed by atoms with Gasteiger partial charge >= 0.3 is 119 Å². The molecule has 0 saturated heterocycles. The van der Waals surface area contributed by atoms with E-state index in [1.807, 2.05) is 0 Å². The molecule has 0 aromatic carbocycles. The molecule has 11 heteroatoms. The van der Waals surface area contributed by atoms with Gasteiger partial charge in [-0.2, -0.15) is 0 Å². The summed E-state index contributed by atoms with van der Waals surface area (Å²) in [5, 5.41) is 29.5. The second-order valence-corrected chi connectivity index (χ2v) is 0.447. The summed E-state index contributed by atoms with van der Waals surface area (Å²) < 4.78 is 0. The Labute approximate surface area is 156 Å². The molecular formula is H2CaKN2NaO6. The van der Waals surface area contributed by atoms with Crippen molar-refractivity contribution in [3.63, 3.8) is 0 Å². The van der Waals surface area contributed by atoms with Crippen molar-refractivity contribution in [1.82, 2.24) is 0 Å².